The van der Waals surface area contributed by atoms with E-state index < -0.39 is 23.7 Å². The molecule has 7 nitrogen and oxygen atoms in total. The number of hydrogen-bond acceptors (Lipinski definition) is 6. The molecule has 3 aliphatic rings. The molecule has 188 valence electrons. The molecule has 1 saturated carbocycles. The van der Waals surface area contributed by atoms with Crippen molar-refractivity contribution in [3.8, 4) is 5.75 Å². The summed E-state index contributed by atoms with van der Waals surface area (Å²) >= 11 is 0. The maximum atomic E-state index is 13.1. The minimum absolute atomic E-state index is 0.0660. The number of esters is 1. The molecule has 3 heterocycles. The summed E-state index contributed by atoms with van der Waals surface area (Å²) in [6.45, 7) is 11.1. The van der Waals surface area contributed by atoms with Gasteiger partial charge >= 0.3 is 5.97 Å². The molecule has 1 aliphatic carbocycles. The lowest BCUT2D eigenvalue weighted by molar-refractivity contribution is -0.183. The molecule has 0 unspecified atom stereocenters. The van der Waals surface area contributed by atoms with E-state index in [-0.39, 0.29) is 18.6 Å². The van der Waals surface area contributed by atoms with Gasteiger partial charge in [-0.2, -0.15) is 0 Å². The van der Waals surface area contributed by atoms with Gasteiger partial charge in [0.1, 0.15) is 24.0 Å². The second kappa shape index (κ2) is 10.2. The highest BCUT2D eigenvalue weighted by molar-refractivity contribution is 5.78. The van der Waals surface area contributed by atoms with Gasteiger partial charge in [-0.15, -0.1) is 0 Å². The van der Waals surface area contributed by atoms with E-state index in [1.165, 1.54) is 6.42 Å². The summed E-state index contributed by atoms with van der Waals surface area (Å²) < 4.78 is 18.5. The number of carbonyl (C=O) groups excluding carboxylic acids is 2. The fraction of sp³-hybridized carbons (Fsp3) is 0.741. The number of fused-ring (bicyclic) bond motifs is 1. The molecule has 0 bridgehead atoms. The fourth-order valence-corrected chi connectivity index (χ4v) is 5.91. The van der Waals surface area contributed by atoms with E-state index >= 15 is 0 Å². The molecule has 2 fully saturated rings. The van der Waals surface area contributed by atoms with Gasteiger partial charge in [-0.25, -0.2) is 4.79 Å². The second-order valence-electron chi connectivity index (χ2n) is 11.2. The average molecular weight is 473 g/mol. The Morgan fingerprint density at radius 3 is 2.82 bits per heavy atom. The molecule has 4 rings (SSSR count). The third-order valence-corrected chi connectivity index (χ3v) is 7.80. The summed E-state index contributed by atoms with van der Waals surface area (Å²) in [4.78, 5) is 32.1. The summed E-state index contributed by atoms with van der Waals surface area (Å²) in [6.07, 6.45) is 8.45. The molecule has 1 saturated heterocycles. The predicted octanol–water partition coefficient (Wildman–Crippen LogP) is 4.70. The first-order valence-corrected chi connectivity index (χ1v) is 12.9. The summed E-state index contributed by atoms with van der Waals surface area (Å²) in [5.74, 6) is 1.91. The number of hydrogen-bond donors (Lipinski definition) is 0. The largest absolute Gasteiger partial charge is 0.483 e. The normalized spacial score (nSPS) is 31.1. The van der Waals surface area contributed by atoms with Crippen LogP contribution in [0.4, 0.5) is 0 Å². The Bertz CT molecular complexity index is 886. The summed E-state index contributed by atoms with van der Waals surface area (Å²) in [6, 6.07) is 1.39. The highest BCUT2D eigenvalue weighted by Crippen LogP contribution is 2.45. The van der Waals surface area contributed by atoms with Crippen LogP contribution in [0.2, 0.25) is 0 Å². The van der Waals surface area contributed by atoms with Crippen LogP contribution in [0.5, 0.6) is 5.75 Å². The van der Waals surface area contributed by atoms with E-state index in [2.05, 4.69) is 25.8 Å². The number of aromatic nitrogens is 1. The summed E-state index contributed by atoms with van der Waals surface area (Å²) in [5.41, 5.74) is -0.0246. The van der Waals surface area contributed by atoms with Gasteiger partial charge in [0.25, 0.3) is 0 Å². The van der Waals surface area contributed by atoms with Gasteiger partial charge in [0.15, 0.2) is 6.10 Å². The lowest BCUT2D eigenvalue weighted by Gasteiger charge is -2.48. The van der Waals surface area contributed by atoms with Gasteiger partial charge < -0.3 is 19.1 Å². The Kier molecular flexibility index (Phi) is 7.51. The van der Waals surface area contributed by atoms with Crippen LogP contribution >= 0.6 is 0 Å². The van der Waals surface area contributed by atoms with Crippen molar-refractivity contribution < 1.29 is 23.8 Å². The number of pyridine rings is 1. The molecule has 7 heteroatoms. The minimum atomic E-state index is -0.813. The van der Waals surface area contributed by atoms with Crippen molar-refractivity contribution in [3.63, 3.8) is 0 Å². The summed E-state index contributed by atoms with van der Waals surface area (Å²) in [7, 11) is 0. The molecule has 0 spiro atoms. The first kappa shape index (κ1) is 25.0. The van der Waals surface area contributed by atoms with Crippen molar-refractivity contribution in [1.29, 1.82) is 0 Å². The molecule has 0 aromatic carbocycles. The third-order valence-electron chi connectivity index (χ3n) is 7.80. The molecule has 1 amide bonds. The zero-order valence-electron chi connectivity index (χ0n) is 21.3. The molecule has 1 aromatic rings. The van der Waals surface area contributed by atoms with Gasteiger partial charge in [-0.05, 0) is 63.4 Å². The maximum absolute atomic E-state index is 13.1. The van der Waals surface area contributed by atoms with Crippen molar-refractivity contribution in [1.82, 2.24) is 9.88 Å². The van der Waals surface area contributed by atoms with Crippen LogP contribution in [0.1, 0.15) is 84.7 Å². The van der Waals surface area contributed by atoms with Gasteiger partial charge in [-0.3, -0.25) is 9.78 Å². The topological polar surface area (TPSA) is 78.0 Å². The fourth-order valence-electron chi connectivity index (χ4n) is 5.91. The Morgan fingerprint density at radius 2 is 2.09 bits per heavy atom. The van der Waals surface area contributed by atoms with E-state index in [1.54, 1.807) is 12.4 Å². The molecule has 0 N–H and O–H groups in total. The number of rotatable bonds is 6. The van der Waals surface area contributed by atoms with Crippen molar-refractivity contribution in [2.24, 2.45) is 17.8 Å². The highest BCUT2D eigenvalue weighted by Gasteiger charge is 2.50. The maximum Gasteiger partial charge on any atom is 0.332 e. The van der Waals surface area contributed by atoms with E-state index in [0.717, 1.165) is 31.2 Å². The lowest BCUT2D eigenvalue weighted by Crippen LogP contribution is -2.57. The van der Waals surface area contributed by atoms with Crippen LogP contribution in [0, 0.1) is 17.8 Å². The Balaban J connectivity index is 1.52. The number of nitrogens with zero attached hydrogens (tertiary/aromatic N) is 2. The van der Waals surface area contributed by atoms with Gasteiger partial charge in [0.05, 0.1) is 6.10 Å². The van der Waals surface area contributed by atoms with E-state index in [0.29, 0.717) is 36.5 Å². The molecule has 0 radical (unpaired) electrons. The van der Waals surface area contributed by atoms with Crippen LogP contribution < -0.4 is 4.74 Å². The number of ether oxygens (including phenoxy) is 3. The number of carbonyl (C=O) groups is 2. The van der Waals surface area contributed by atoms with Gasteiger partial charge in [0, 0.05) is 30.9 Å². The molecule has 5 atom stereocenters. The van der Waals surface area contributed by atoms with Crippen molar-refractivity contribution in [2.45, 2.75) is 97.0 Å². The number of amides is 1. The zero-order valence-corrected chi connectivity index (χ0v) is 21.3. The Labute approximate surface area is 203 Å². The molecule has 34 heavy (non-hydrogen) atoms. The van der Waals surface area contributed by atoms with Crippen LogP contribution in [0.3, 0.4) is 0 Å². The highest BCUT2D eigenvalue weighted by atomic mass is 16.6. The van der Waals surface area contributed by atoms with Crippen molar-refractivity contribution >= 4 is 11.9 Å². The standard InChI is InChI=1S/C27H40N2O5/c1-17(2)19-10-9-18(3)14-22(19)32-16-24(31)33-26-25(29-13-7-6-8-23(29)30)20-15-28-12-11-21(20)34-27(26,4)5/h11-12,15,17-19,22,25-26H,6-10,13-14,16H2,1-5H3/t18-,19+,22-,25-,26+/m1/s1. The van der Waals surface area contributed by atoms with E-state index in [4.69, 9.17) is 14.2 Å². The first-order chi connectivity index (χ1) is 16.2. The molecule has 1 aromatic heterocycles. The van der Waals surface area contributed by atoms with E-state index in [9.17, 15) is 9.59 Å². The number of piperidine rings is 1. The van der Waals surface area contributed by atoms with Gasteiger partial charge in [0.2, 0.25) is 5.91 Å². The van der Waals surface area contributed by atoms with Crippen molar-refractivity contribution in [2.75, 3.05) is 13.2 Å². The van der Waals surface area contributed by atoms with Crippen LogP contribution in [-0.2, 0) is 19.1 Å². The van der Waals surface area contributed by atoms with Crippen molar-refractivity contribution in [3.05, 3.63) is 24.0 Å². The SMILES string of the molecule is CC(C)[C@@H]1CC[C@@H](C)C[C@H]1OCC(=O)O[C@H]1[C@H](N2CCCCC2=O)c2cnccc2OC1(C)C. The number of likely N-dealkylation sites (tertiary alicyclic amines) is 1. The average Bonchev–Trinajstić information content (AvgIpc) is 2.78. The van der Waals surface area contributed by atoms with E-state index in [1.807, 2.05) is 24.8 Å². The predicted molar refractivity (Wildman–Crippen MR) is 128 cm³/mol. The molecule has 2 aliphatic heterocycles. The molecular formula is C27H40N2O5. The molecular weight excluding hydrogens is 432 g/mol. The van der Waals surface area contributed by atoms with Crippen LogP contribution in [-0.4, -0.2) is 52.7 Å². The Morgan fingerprint density at radius 1 is 1.29 bits per heavy atom. The smallest absolute Gasteiger partial charge is 0.332 e. The quantitative estimate of drug-likeness (QED) is 0.559. The van der Waals surface area contributed by atoms with Crippen LogP contribution in [0.25, 0.3) is 0 Å². The van der Waals surface area contributed by atoms with Gasteiger partial charge in [-0.1, -0.05) is 27.2 Å². The lowest BCUT2D eigenvalue weighted by atomic mass is 9.75. The first-order valence-electron chi connectivity index (χ1n) is 12.9. The Hall–Kier alpha value is -2.15. The zero-order chi connectivity index (χ0) is 24.5. The monoisotopic (exact) mass is 472 g/mol. The minimum Gasteiger partial charge on any atom is -0.483 e. The van der Waals surface area contributed by atoms with Crippen LogP contribution in [0.15, 0.2) is 18.5 Å². The third kappa shape index (κ3) is 5.24. The summed E-state index contributed by atoms with van der Waals surface area (Å²) in [5, 5.41) is 0. The second-order valence-corrected chi connectivity index (χ2v) is 11.2.